The molecular formula is C11H11N3O3. The van der Waals surface area contributed by atoms with E-state index < -0.39 is 10.5 Å². The number of nitro groups is 1. The minimum Gasteiger partial charge on any atom is -0.623 e. The second kappa shape index (κ2) is 4.61. The largest absolute Gasteiger partial charge is 0.623 e. The number of benzene rings is 1. The van der Waals surface area contributed by atoms with Crippen LogP contribution in [0, 0.1) is 26.7 Å². The van der Waals surface area contributed by atoms with E-state index in [-0.39, 0.29) is 5.69 Å². The maximum atomic E-state index is 11.6. The van der Waals surface area contributed by atoms with Gasteiger partial charge in [-0.1, -0.05) is 6.07 Å². The topological polar surface area (TPSA) is 93.0 Å². The summed E-state index contributed by atoms with van der Waals surface area (Å²) in [7, 11) is 0. The maximum absolute atomic E-state index is 11.6. The Morgan fingerprint density at radius 1 is 1.41 bits per heavy atom. The molecule has 0 amide bonds. The fourth-order valence-electron chi connectivity index (χ4n) is 1.06. The molecule has 17 heavy (non-hydrogen) atoms. The van der Waals surface area contributed by atoms with Gasteiger partial charge in [0.15, 0.2) is 6.21 Å². The van der Waals surface area contributed by atoms with E-state index in [9.17, 15) is 15.3 Å². The van der Waals surface area contributed by atoms with Gasteiger partial charge in [0, 0.05) is 31.5 Å². The lowest BCUT2D eigenvalue weighted by molar-refractivity contribution is -0.517. The van der Waals surface area contributed by atoms with Crippen molar-refractivity contribution >= 4 is 11.9 Å². The Morgan fingerprint density at radius 3 is 2.59 bits per heavy atom. The van der Waals surface area contributed by atoms with Crippen molar-refractivity contribution in [3.8, 4) is 6.07 Å². The summed E-state index contributed by atoms with van der Waals surface area (Å²) in [5, 5.41) is 30.9. The Hall–Kier alpha value is -2.42. The molecule has 0 atom stereocenters. The van der Waals surface area contributed by atoms with E-state index in [1.54, 1.807) is 6.07 Å². The summed E-state index contributed by atoms with van der Waals surface area (Å²) < 4.78 is 0.478. The molecule has 0 radical (unpaired) electrons. The molecule has 0 fully saturated rings. The molecule has 0 heterocycles. The van der Waals surface area contributed by atoms with Crippen LogP contribution in [-0.4, -0.2) is 21.4 Å². The third-order valence-corrected chi connectivity index (χ3v) is 2.17. The van der Waals surface area contributed by atoms with Crippen LogP contribution in [0.4, 0.5) is 5.69 Å². The van der Waals surface area contributed by atoms with Crippen LogP contribution in [0.15, 0.2) is 24.3 Å². The van der Waals surface area contributed by atoms with Crippen molar-refractivity contribution < 1.29 is 9.66 Å². The van der Waals surface area contributed by atoms with Crippen molar-refractivity contribution in [2.24, 2.45) is 0 Å². The highest BCUT2D eigenvalue weighted by molar-refractivity contribution is 5.77. The second-order valence-corrected chi connectivity index (χ2v) is 3.98. The molecule has 0 aliphatic carbocycles. The molecule has 0 bridgehead atoms. The van der Waals surface area contributed by atoms with Gasteiger partial charge in [0.1, 0.15) is 6.07 Å². The van der Waals surface area contributed by atoms with Crippen molar-refractivity contribution in [1.29, 1.82) is 5.26 Å². The van der Waals surface area contributed by atoms with E-state index in [1.807, 2.05) is 6.07 Å². The molecule has 6 nitrogen and oxygen atoms in total. The molecule has 0 saturated heterocycles. The van der Waals surface area contributed by atoms with Gasteiger partial charge in [0.05, 0.1) is 4.92 Å². The van der Waals surface area contributed by atoms with Gasteiger partial charge in [-0.2, -0.15) is 10.0 Å². The fourth-order valence-corrected chi connectivity index (χ4v) is 1.06. The maximum Gasteiger partial charge on any atom is 0.270 e. The Kier molecular flexibility index (Phi) is 3.43. The molecule has 0 aliphatic heterocycles. The van der Waals surface area contributed by atoms with Crippen molar-refractivity contribution in [1.82, 2.24) is 0 Å². The van der Waals surface area contributed by atoms with Crippen LogP contribution in [-0.2, 0) is 0 Å². The Labute approximate surface area is 98.2 Å². The molecule has 1 aromatic rings. The lowest BCUT2D eigenvalue weighted by Gasteiger charge is -2.15. The van der Waals surface area contributed by atoms with Crippen LogP contribution in [0.2, 0.25) is 0 Å². The van der Waals surface area contributed by atoms with Crippen LogP contribution in [0.25, 0.3) is 0 Å². The normalized spacial score (nSPS) is 11.9. The zero-order valence-electron chi connectivity index (χ0n) is 9.45. The van der Waals surface area contributed by atoms with Gasteiger partial charge in [-0.05, 0) is 6.07 Å². The van der Waals surface area contributed by atoms with Gasteiger partial charge < -0.3 is 5.21 Å². The number of rotatable bonds is 3. The number of nitrogens with zero attached hydrogens (tertiary/aromatic N) is 3. The Bertz CT molecular complexity index is 515. The molecule has 6 heteroatoms. The highest BCUT2D eigenvalue weighted by atomic mass is 16.6. The Balaban J connectivity index is 3.12. The first-order valence-electron chi connectivity index (χ1n) is 4.84. The second-order valence-electron chi connectivity index (χ2n) is 3.98. The van der Waals surface area contributed by atoms with Crippen molar-refractivity contribution in [3.05, 3.63) is 45.2 Å². The van der Waals surface area contributed by atoms with Crippen molar-refractivity contribution in [2.45, 2.75) is 19.4 Å². The smallest absolute Gasteiger partial charge is 0.270 e. The SMILES string of the molecule is CC(C)(C#N)[N+]([O-])=Cc1cccc([N+](=O)[O-])c1. The highest BCUT2D eigenvalue weighted by Crippen LogP contribution is 2.12. The van der Waals surface area contributed by atoms with Gasteiger partial charge >= 0.3 is 0 Å². The van der Waals surface area contributed by atoms with E-state index in [0.29, 0.717) is 10.3 Å². The van der Waals surface area contributed by atoms with Gasteiger partial charge in [0.25, 0.3) is 11.2 Å². The number of non-ortho nitro benzene ring substituents is 1. The molecule has 0 aromatic heterocycles. The van der Waals surface area contributed by atoms with Crippen LogP contribution in [0.5, 0.6) is 0 Å². The molecule has 88 valence electrons. The molecule has 1 rings (SSSR count). The van der Waals surface area contributed by atoms with Crippen LogP contribution in [0.1, 0.15) is 19.4 Å². The molecule has 0 aliphatic rings. The third-order valence-electron chi connectivity index (χ3n) is 2.17. The summed E-state index contributed by atoms with van der Waals surface area (Å²) >= 11 is 0. The summed E-state index contributed by atoms with van der Waals surface area (Å²) in [4.78, 5) is 10.00. The summed E-state index contributed by atoms with van der Waals surface area (Å²) in [6, 6.07) is 7.50. The predicted octanol–water partition coefficient (Wildman–Crippen LogP) is 1.83. The van der Waals surface area contributed by atoms with E-state index in [1.165, 1.54) is 32.0 Å². The van der Waals surface area contributed by atoms with Crippen LogP contribution in [0.3, 0.4) is 0 Å². The molecule has 1 aromatic carbocycles. The molecular weight excluding hydrogens is 222 g/mol. The summed E-state index contributed by atoms with van der Waals surface area (Å²) in [6.45, 7) is 2.93. The molecule has 0 unspecified atom stereocenters. The lowest BCUT2D eigenvalue weighted by Crippen LogP contribution is -2.31. The standard InChI is InChI=1S/C11H11N3O3/c1-11(2,8-12)13(15)7-9-4-3-5-10(6-9)14(16)17/h3-7H,1-2H3. The van der Waals surface area contributed by atoms with Crippen LogP contribution < -0.4 is 0 Å². The zero-order valence-corrected chi connectivity index (χ0v) is 9.45. The van der Waals surface area contributed by atoms with E-state index in [0.717, 1.165) is 6.21 Å². The van der Waals surface area contributed by atoms with Crippen molar-refractivity contribution in [2.75, 3.05) is 0 Å². The molecule has 0 N–H and O–H groups in total. The van der Waals surface area contributed by atoms with Gasteiger partial charge in [-0.25, -0.2) is 0 Å². The summed E-state index contributed by atoms with van der Waals surface area (Å²) in [5.74, 6) is 0. The lowest BCUT2D eigenvalue weighted by atomic mass is 10.1. The molecule has 0 spiro atoms. The number of hydroxylamine groups is 1. The first-order chi connectivity index (χ1) is 7.86. The Morgan fingerprint density at radius 2 is 2.06 bits per heavy atom. The zero-order chi connectivity index (χ0) is 13.1. The van der Waals surface area contributed by atoms with Crippen LogP contribution >= 0.6 is 0 Å². The first kappa shape index (κ1) is 12.6. The van der Waals surface area contributed by atoms with Gasteiger partial charge in [-0.3, -0.25) is 10.1 Å². The number of hydrogen-bond donors (Lipinski definition) is 0. The van der Waals surface area contributed by atoms with Crippen molar-refractivity contribution in [3.63, 3.8) is 0 Å². The predicted molar refractivity (Wildman–Crippen MR) is 61.6 cm³/mol. The molecule has 0 saturated carbocycles. The fraction of sp³-hybridized carbons (Fsp3) is 0.273. The van der Waals surface area contributed by atoms with E-state index in [2.05, 4.69) is 0 Å². The monoisotopic (exact) mass is 233 g/mol. The van der Waals surface area contributed by atoms with E-state index in [4.69, 9.17) is 5.26 Å². The minimum atomic E-state index is -1.20. The first-order valence-corrected chi connectivity index (χ1v) is 4.84. The quantitative estimate of drug-likeness (QED) is 0.261. The average Bonchev–Trinajstić information content (AvgIpc) is 2.29. The summed E-state index contributed by atoms with van der Waals surface area (Å²) in [6.07, 6.45) is 1.16. The number of nitro benzene ring substituents is 1. The number of hydrogen-bond acceptors (Lipinski definition) is 4. The van der Waals surface area contributed by atoms with E-state index >= 15 is 0 Å². The average molecular weight is 233 g/mol. The summed E-state index contributed by atoms with van der Waals surface area (Å²) in [5.41, 5.74) is -0.913. The van der Waals surface area contributed by atoms with Gasteiger partial charge in [-0.15, -0.1) is 0 Å². The highest BCUT2D eigenvalue weighted by Gasteiger charge is 2.25. The minimum absolute atomic E-state index is 0.0955. The number of nitriles is 1. The van der Waals surface area contributed by atoms with Gasteiger partial charge in [0.2, 0.25) is 0 Å². The third kappa shape index (κ3) is 3.01.